The van der Waals surface area contributed by atoms with Crippen molar-refractivity contribution in [1.82, 2.24) is 15.2 Å². The van der Waals surface area contributed by atoms with E-state index in [2.05, 4.69) is 25.2 Å². The molecule has 2 aliphatic rings. The molecule has 1 atom stereocenters. The van der Waals surface area contributed by atoms with Gasteiger partial charge in [0.2, 0.25) is 0 Å². The molecule has 2 saturated heterocycles. The SMILES string of the molecule is O=S(=O)(Nc1nccs1)c1cc(Cl)c(NCCCCN2CCC23CCCNC3)cc1F. The van der Waals surface area contributed by atoms with Crippen LogP contribution in [0, 0.1) is 5.82 Å². The van der Waals surface area contributed by atoms with Gasteiger partial charge in [-0.2, -0.15) is 0 Å². The summed E-state index contributed by atoms with van der Waals surface area (Å²) in [5, 5.41) is 8.61. The Hall–Kier alpha value is -1.46. The Morgan fingerprint density at radius 2 is 2.19 bits per heavy atom. The van der Waals surface area contributed by atoms with E-state index in [0.29, 0.717) is 17.8 Å². The van der Waals surface area contributed by atoms with Crippen LogP contribution in [0.5, 0.6) is 0 Å². The summed E-state index contributed by atoms with van der Waals surface area (Å²) in [6, 6.07) is 2.27. The number of hydrogen-bond acceptors (Lipinski definition) is 7. The predicted molar refractivity (Wildman–Crippen MR) is 123 cm³/mol. The third kappa shape index (κ3) is 5.14. The molecule has 3 N–H and O–H groups in total. The maximum atomic E-state index is 14.5. The fourth-order valence-corrected chi connectivity index (χ4v) is 6.51. The molecule has 1 spiro atoms. The summed E-state index contributed by atoms with van der Waals surface area (Å²) >= 11 is 7.34. The van der Waals surface area contributed by atoms with Gasteiger partial charge in [0.1, 0.15) is 10.7 Å². The van der Waals surface area contributed by atoms with Gasteiger partial charge in [0.15, 0.2) is 5.13 Å². The lowest BCUT2D eigenvalue weighted by molar-refractivity contribution is -0.0321. The third-order valence-electron chi connectivity index (χ3n) is 6.10. The number of aromatic nitrogens is 1. The number of nitrogens with one attached hydrogen (secondary N) is 3. The van der Waals surface area contributed by atoms with Crippen molar-refractivity contribution < 1.29 is 12.8 Å². The standard InChI is InChI=1S/C20H27ClFN5O2S2/c21-15-12-18(31(28,29)26-19-25-8-11-30-19)16(22)13-17(15)24-7-1-2-9-27-10-5-20(27)4-3-6-23-14-20/h8,11-13,23-24H,1-7,9-10,14H2,(H,25,26). The molecular weight excluding hydrogens is 461 g/mol. The normalized spacial score (nSPS) is 21.7. The minimum absolute atomic E-state index is 0.163. The van der Waals surface area contributed by atoms with Crippen molar-refractivity contribution in [2.45, 2.75) is 42.5 Å². The number of thiazole rings is 1. The molecule has 0 saturated carbocycles. The molecule has 11 heteroatoms. The highest BCUT2D eigenvalue weighted by atomic mass is 35.5. The Morgan fingerprint density at radius 3 is 2.87 bits per heavy atom. The van der Waals surface area contributed by atoms with Gasteiger partial charge in [-0.1, -0.05) is 11.6 Å². The molecule has 170 valence electrons. The summed E-state index contributed by atoms with van der Waals surface area (Å²) in [5.41, 5.74) is 0.760. The van der Waals surface area contributed by atoms with E-state index in [-0.39, 0.29) is 10.2 Å². The van der Waals surface area contributed by atoms with E-state index in [1.165, 1.54) is 25.5 Å². The van der Waals surface area contributed by atoms with Crippen LogP contribution in [0.1, 0.15) is 32.1 Å². The second-order valence-corrected chi connectivity index (χ2v) is 11.0. The maximum absolute atomic E-state index is 14.5. The number of hydrogen-bond donors (Lipinski definition) is 3. The van der Waals surface area contributed by atoms with Crippen molar-refractivity contribution in [2.75, 3.05) is 42.8 Å². The number of anilines is 2. The average Bonchev–Trinajstić information content (AvgIpc) is 3.24. The number of likely N-dealkylation sites (tertiary alicyclic amines) is 1. The van der Waals surface area contributed by atoms with Crippen molar-refractivity contribution in [3.8, 4) is 0 Å². The van der Waals surface area contributed by atoms with E-state index in [1.807, 2.05) is 0 Å². The van der Waals surface area contributed by atoms with Crippen molar-refractivity contribution in [2.24, 2.45) is 0 Å². The minimum Gasteiger partial charge on any atom is -0.384 e. The first-order chi connectivity index (χ1) is 14.9. The van der Waals surface area contributed by atoms with E-state index >= 15 is 0 Å². The molecule has 0 radical (unpaired) electrons. The smallest absolute Gasteiger partial charge is 0.266 e. The van der Waals surface area contributed by atoms with E-state index in [1.54, 1.807) is 5.38 Å². The first-order valence-corrected chi connectivity index (χ1v) is 13.2. The topological polar surface area (TPSA) is 86.4 Å². The molecule has 1 aromatic carbocycles. The molecule has 2 aromatic rings. The summed E-state index contributed by atoms with van der Waals surface area (Å²) < 4.78 is 41.7. The summed E-state index contributed by atoms with van der Waals surface area (Å²) in [5.74, 6) is -0.858. The average molecular weight is 488 g/mol. The Morgan fingerprint density at radius 1 is 1.32 bits per heavy atom. The summed E-state index contributed by atoms with van der Waals surface area (Å²) in [4.78, 5) is 5.95. The van der Waals surface area contributed by atoms with Gasteiger partial charge in [0, 0.05) is 36.8 Å². The zero-order valence-corrected chi connectivity index (χ0v) is 19.6. The number of nitrogens with zero attached hydrogens (tertiary/aromatic N) is 2. The first-order valence-electron chi connectivity index (χ1n) is 10.5. The summed E-state index contributed by atoms with van der Waals surface area (Å²) in [7, 11) is -4.10. The van der Waals surface area contributed by atoms with E-state index in [4.69, 9.17) is 11.6 Å². The molecule has 0 amide bonds. The monoisotopic (exact) mass is 487 g/mol. The molecule has 2 fully saturated rings. The molecular formula is C20H27ClFN5O2S2. The molecule has 2 aliphatic heterocycles. The van der Waals surface area contributed by atoms with Crippen molar-refractivity contribution >= 4 is 43.8 Å². The number of unbranched alkanes of at least 4 members (excludes halogenated alkanes) is 1. The highest BCUT2D eigenvalue weighted by Gasteiger charge is 2.44. The molecule has 7 nitrogen and oxygen atoms in total. The molecule has 31 heavy (non-hydrogen) atoms. The van der Waals surface area contributed by atoms with Gasteiger partial charge in [0.25, 0.3) is 10.0 Å². The second-order valence-electron chi connectivity index (χ2n) is 8.08. The largest absolute Gasteiger partial charge is 0.384 e. The number of benzene rings is 1. The first kappa shape index (κ1) is 22.7. The lowest BCUT2D eigenvalue weighted by Crippen LogP contribution is -2.66. The van der Waals surface area contributed by atoms with Gasteiger partial charge in [-0.15, -0.1) is 11.3 Å². The van der Waals surface area contributed by atoms with Crippen LogP contribution in [0.25, 0.3) is 0 Å². The number of piperidine rings is 1. The zero-order valence-electron chi connectivity index (χ0n) is 17.2. The van der Waals surface area contributed by atoms with Crippen LogP contribution in [-0.4, -0.2) is 56.6 Å². The van der Waals surface area contributed by atoms with Crippen LogP contribution in [0.15, 0.2) is 28.6 Å². The zero-order chi connectivity index (χ0) is 21.9. The van der Waals surface area contributed by atoms with Gasteiger partial charge in [-0.3, -0.25) is 9.62 Å². The van der Waals surface area contributed by atoms with Crippen molar-refractivity contribution in [1.29, 1.82) is 0 Å². The van der Waals surface area contributed by atoms with Gasteiger partial charge >= 0.3 is 0 Å². The summed E-state index contributed by atoms with van der Waals surface area (Å²) in [6.45, 7) is 5.08. The van der Waals surface area contributed by atoms with Crippen LogP contribution >= 0.6 is 22.9 Å². The van der Waals surface area contributed by atoms with E-state index in [0.717, 1.165) is 62.5 Å². The minimum atomic E-state index is -4.10. The fraction of sp³-hybridized carbons (Fsp3) is 0.550. The van der Waals surface area contributed by atoms with Crippen molar-refractivity contribution in [3.05, 3.63) is 34.5 Å². The van der Waals surface area contributed by atoms with Gasteiger partial charge in [-0.25, -0.2) is 17.8 Å². The van der Waals surface area contributed by atoms with Crippen LogP contribution in [-0.2, 0) is 10.0 Å². The number of rotatable bonds is 9. The summed E-state index contributed by atoms with van der Waals surface area (Å²) in [6.07, 6.45) is 7.22. The molecule has 0 bridgehead atoms. The Kier molecular flexibility index (Phi) is 7.02. The third-order valence-corrected chi connectivity index (χ3v) is 8.59. The van der Waals surface area contributed by atoms with Crippen LogP contribution in [0.3, 0.4) is 0 Å². The van der Waals surface area contributed by atoms with Crippen LogP contribution < -0.4 is 15.4 Å². The fourth-order valence-electron chi connectivity index (χ4n) is 4.33. The maximum Gasteiger partial charge on any atom is 0.266 e. The predicted octanol–water partition coefficient (Wildman–Crippen LogP) is 3.76. The van der Waals surface area contributed by atoms with Crippen LogP contribution in [0.2, 0.25) is 5.02 Å². The van der Waals surface area contributed by atoms with Gasteiger partial charge in [0.05, 0.1) is 10.7 Å². The molecule has 3 heterocycles. The highest BCUT2D eigenvalue weighted by Crippen LogP contribution is 2.36. The van der Waals surface area contributed by atoms with Gasteiger partial charge < -0.3 is 10.6 Å². The molecule has 1 aromatic heterocycles. The highest BCUT2D eigenvalue weighted by molar-refractivity contribution is 7.93. The molecule has 0 aliphatic carbocycles. The van der Waals surface area contributed by atoms with E-state index in [9.17, 15) is 12.8 Å². The lowest BCUT2D eigenvalue weighted by atomic mass is 9.78. The Labute approximate surface area is 191 Å². The second kappa shape index (κ2) is 9.58. The quantitative estimate of drug-likeness (QED) is 0.467. The molecule has 4 rings (SSSR count). The number of halogens is 2. The Bertz CT molecular complexity index is 997. The van der Waals surface area contributed by atoms with E-state index < -0.39 is 20.7 Å². The van der Waals surface area contributed by atoms with Crippen LogP contribution in [0.4, 0.5) is 15.2 Å². The van der Waals surface area contributed by atoms with Crippen molar-refractivity contribution in [3.63, 3.8) is 0 Å². The molecule has 1 unspecified atom stereocenters. The lowest BCUT2D eigenvalue weighted by Gasteiger charge is -2.55. The number of sulfonamides is 1. The Balaban J connectivity index is 1.28. The van der Waals surface area contributed by atoms with Gasteiger partial charge in [-0.05, 0) is 57.3 Å².